The van der Waals surface area contributed by atoms with Gasteiger partial charge in [-0.1, -0.05) is 13.8 Å². The van der Waals surface area contributed by atoms with Crippen molar-refractivity contribution in [3.8, 4) is 0 Å². The number of rotatable bonds is 7. The van der Waals surface area contributed by atoms with Gasteiger partial charge in [0.2, 0.25) is 17.2 Å². The highest BCUT2D eigenvalue weighted by Gasteiger charge is 2.19. The zero-order valence-corrected chi connectivity index (χ0v) is 13.4. The molecule has 1 aromatic rings. The van der Waals surface area contributed by atoms with Gasteiger partial charge in [0.1, 0.15) is 0 Å². The van der Waals surface area contributed by atoms with Crippen molar-refractivity contribution in [3.05, 3.63) is 5.28 Å². The Morgan fingerprint density at radius 2 is 2.00 bits per heavy atom. The minimum absolute atomic E-state index is 0.140. The van der Waals surface area contributed by atoms with Gasteiger partial charge in [0, 0.05) is 26.2 Å². The van der Waals surface area contributed by atoms with E-state index >= 15 is 0 Å². The van der Waals surface area contributed by atoms with Crippen molar-refractivity contribution in [2.75, 3.05) is 50.0 Å². The molecule has 8 heteroatoms. The molecule has 118 valence electrons. The Kier molecular flexibility index (Phi) is 6.41. The van der Waals surface area contributed by atoms with Gasteiger partial charge in [-0.3, -0.25) is 4.90 Å². The molecule has 0 aromatic carbocycles. The second-order valence-corrected chi connectivity index (χ2v) is 5.28. The van der Waals surface area contributed by atoms with E-state index in [1.807, 2.05) is 0 Å². The Bertz CT molecular complexity index is 447. The average Bonchev–Trinajstić information content (AvgIpc) is 2.50. The smallest absolute Gasteiger partial charge is 0.228 e. The molecule has 2 rings (SSSR count). The van der Waals surface area contributed by atoms with Gasteiger partial charge < -0.3 is 15.4 Å². The lowest BCUT2D eigenvalue weighted by Crippen LogP contribution is -2.45. The molecule has 1 aliphatic heterocycles. The van der Waals surface area contributed by atoms with E-state index in [2.05, 4.69) is 44.3 Å². The van der Waals surface area contributed by atoms with Gasteiger partial charge in [-0.15, -0.1) is 0 Å². The lowest BCUT2D eigenvalue weighted by molar-refractivity contribution is -0.0192. The number of nitrogens with one attached hydrogen (secondary N) is 2. The highest BCUT2D eigenvalue weighted by atomic mass is 35.5. The summed E-state index contributed by atoms with van der Waals surface area (Å²) < 4.78 is 5.73. The van der Waals surface area contributed by atoms with Crippen LogP contribution in [0.15, 0.2) is 0 Å². The largest absolute Gasteiger partial charge is 0.374 e. The molecule has 0 radical (unpaired) electrons. The van der Waals surface area contributed by atoms with E-state index in [9.17, 15) is 0 Å². The summed E-state index contributed by atoms with van der Waals surface area (Å²) in [7, 11) is 0. The molecule has 1 saturated heterocycles. The Morgan fingerprint density at radius 1 is 1.24 bits per heavy atom. The molecule has 0 aliphatic carbocycles. The van der Waals surface area contributed by atoms with Gasteiger partial charge in [-0.05, 0) is 24.6 Å². The van der Waals surface area contributed by atoms with E-state index in [1.54, 1.807) is 0 Å². The number of aromatic nitrogens is 3. The van der Waals surface area contributed by atoms with Crippen molar-refractivity contribution in [2.24, 2.45) is 0 Å². The lowest BCUT2D eigenvalue weighted by atomic mass is 10.2. The van der Waals surface area contributed by atoms with Crippen LogP contribution in [0.5, 0.6) is 0 Å². The topological polar surface area (TPSA) is 75.2 Å². The second-order valence-electron chi connectivity index (χ2n) is 4.95. The number of ether oxygens (including phenoxy) is 1. The third-order valence-corrected chi connectivity index (χ3v) is 3.47. The van der Waals surface area contributed by atoms with Gasteiger partial charge >= 0.3 is 0 Å². The molecular weight excluding hydrogens is 292 g/mol. The number of morpholine rings is 1. The molecule has 0 spiro atoms. The van der Waals surface area contributed by atoms with Crippen LogP contribution in [0.3, 0.4) is 0 Å². The first-order chi connectivity index (χ1) is 10.2. The summed E-state index contributed by atoms with van der Waals surface area (Å²) in [6, 6.07) is 0. The molecule has 0 amide bonds. The van der Waals surface area contributed by atoms with Crippen molar-refractivity contribution in [1.29, 1.82) is 0 Å². The highest BCUT2D eigenvalue weighted by Crippen LogP contribution is 2.11. The van der Waals surface area contributed by atoms with E-state index in [0.717, 1.165) is 39.2 Å². The highest BCUT2D eigenvalue weighted by molar-refractivity contribution is 6.28. The van der Waals surface area contributed by atoms with Crippen LogP contribution in [0.25, 0.3) is 0 Å². The fourth-order valence-corrected chi connectivity index (χ4v) is 2.30. The predicted octanol–water partition coefficient (Wildman–Crippen LogP) is 1.48. The molecule has 21 heavy (non-hydrogen) atoms. The van der Waals surface area contributed by atoms with Gasteiger partial charge in [-0.25, -0.2) is 0 Å². The first-order valence-corrected chi connectivity index (χ1v) is 7.82. The molecule has 0 saturated carbocycles. The normalized spacial score (nSPS) is 19.5. The average molecular weight is 315 g/mol. The summed E-state index contributed by atoms with van der Waals surface area (Å²) in [5, 5.41) is 6.47. The van der Waals surface area contributed by atoms with Gasteiger partial charge in [0.25, 0.3) is 0 Å². The molecule has 7 nitrogen and oxygen atoms in total. The number of halogens is 1. The summed E-state index contributed by atoms with van der Waals surface area (Å²) in [4.78, 5) is 14.8. The maximum absolute atomic E-state index is 5.91. The third-order valence-electron chi connectivity index (χ3n) is 3.30. The first-order valence-electron chi connectivity index (χ1n) is 7.44. The molecule has 0 bridgehead atoms. The van der Waals surface area contributed by atoms with Crippen LogP contribution < -0.4 is 10.6 Å². The third kappa shape index (κ3) is 5.26. The second kappa shape index (κ2) is 8.31. The number of hydrogen-bond donors (Lipinski definition) is 2. The van der Waals surface area contributed by atoms with E-state index in [-0.39, 0.29) is 11.4 Å². The summed E-state index contributed by atoms with van der Waals surface area (Å²) in [6.07, 6.45) is 1.13. The van der Waals surface area contributed by atoms with E-state index in [0.29, 0.717) is 18.4 Å². The zero-order chi connectivity index (χ0) is 15.1. The van der Waals surface area contributed by atoms with Gasteiger partial charge in [0.05, 0.1) is 12.7 Å². The van der Waals surface area contributed by atoms with Crippen LogP contribution >= 0.6 is 11.6 Å². The predicted molar refractivity (Wildman–Crippen MR) is 84.0 cm³/mol. The fourth-order valence-electron chi connectivity index (χ4n) is 2.14. The summed E-state index contributed by atoms with van der Waals surface area (Å²) in [5.41, 5.74) is 0. The standard InChI is InChI=1S/C13H23ClN6O/c1-3-5-15-12-17-11(14)18-13(19-12)16-8-10-9-20(4-2)6-7-21-10/h10H,3-9H2,1-2H3,(H2,15,16,17,18,19). The molecular formula is C13H23ClN6O. The lowest BCUT2D eigenvalue weighted by Gasteiger charge is -2.32. The van der Waals surface area contributed by atoms with Crippen molar-refractivity contribution in [3.63, 3.8) is 0 Å². The monoisotopic (exact) mass is 314 g/mol. The van der Waals surface area contributed by atoms with Crippen LogP contribution in [0.1, 0.15) is 20.3 Å². The van der Waals surface area contributed by atoms with Gasteiger partial charge in [-0.2, -0.15) is 15.0 Å². The number of anilines is 2. The number of hydrogen-bond acceptors (Lipinski definition) is 7. The Labute approximate surface area is 130 Å². The summed E-state index contributed by atoms with van der Waals surface area (Å²) in [6.45, 7) is 9.42. The minimum Gasteiger partial charge on any atom is -0.374 e. The Hall–Kier alpha value is -1.18. The molecule has 1 fully saturated rings. The van der Waals surface area contributed by atoms with Crippen molar-refractivity contribution >= 4 is 23.5 Å². The van der Waals surface area contributed by atoms with Crippen LogP contribution in [0.4, 0.5) is 11.9 Å². The van der Waals surface area contributed by atoms with Gasteiger partial charge in [0.15, 0.2) is 0 Å². The summed E-state index contributed by atoms with van der Waals surface area (Å²) in [5.74, 6) is 0.977. The van der Waals surface area contributed by atoms with E-state index in [4.69, 9.17) is 16.3 Å². The molecule has 1 unspecified atom stereocenters. The summed E-state index contributed by atoms with van der Waals surface area (Å²) >= 11 is 5.91. The van der Waals surface area contributed by atoms with E-state index < -0.39 is 0 Å². The van der Waals surface area contributed by atoms with Crippen molar-refractivity contribution in [1.82, 2.24) is 19.9 Å². The maximum Gasteiger partial charge on any atom is 0.228 e. The number of nitrogens with zero attached hydrogens (tertiary/aromatic N) is 4. The maximum atomic E-state index is 5.91. The SMILES string of the molecule is CCCNc1nc(Cl)nc(NCC2CN(CC)CCO2)n1. The fraction of sp³-hybridized carbons (Fsp3) is 0.769. The Morgan fingerprint density at radius 3 is 2.71 bits per heavy atom. The quantitative estimate of drug-likeness (QED) is 0.789. The van der Waals surface area contributed by atoms with Crippen LogP contribution in [0, 0.1) is 0 Å². The van der Waals surface area contributed by atoms with Crippen LogP contribution in [0.2, 0.25) is 5.28 Å². The molecule has 1 aromatic heterocycles. The van der Waals surface area contributed by atoms with E-state index in [1.165, 1.54) is 0 Å². The number of likely N-dealkylation sites (N-methyl/N-ethyl adjacent to an activating group) is 1. The first kappa shape index (κ1) is 16.2. The molecule has 2 heterocycles. The van der Waals surface area contributed by atoms with Crippen molar-refractivity contribution < 1.29 is 4.74 Å². The molecule has 1 atom stereocenters. The zero-order valence-electron chi connectivity index (χ0n) is 12.6. The Balaban J connectivity index is 1.88. The molecule has 1 aliphatic rings. The van der Waals surface area contributed by atoms with Crippen molar-refractivity contribution in [2.45, 2.75) is 26.4 Å². The minimum atomic E-state index is 0.140. The molecule has 2 N–H and O–H groups in total. The van der Waals surface area contributed by atoms with Crippen LogP contribution in [-0.2, 0) is 4.74 Å². The van der Waals surface area contributed by atoms with Crippen LogP contribution in [-0.4, -0.2) is 65.3 Å².